The number of nitrogens with zero attached hydrogens (tertiary/aromatic N) is 2. The van der Waals surface area contributed by atoms with Crippen molar-refractivity contribution < 1.29 is 58.7 Å². The molecule has 7 rings (SSSR count). The predicted octanol–water partition coefficient (Wildman–Crippen LogP) is 2.62. The number of amides is 4. The average molecular weight is 643 g/mol. The van der Waals surface area contributed by atoms with E-state index in [-0.39, 0.29) is 35.7 Å². The van der Waals surface area contributed by atoms with Crippen LogP contribution in [0.25, 0.3) is 0 Å². The van der Waals surface area contributed by atoms with Crippen LogP contribution in [0, 0.1) is 29.6 Å². The molecule has 4 amide bonds. The molecule has 14 nitrogen and oxygen atoms in total. The zero-order chi connectivity index (χ0) is 33.5. The van der Waals surface area contributed by atoms with E-state index < -0.39 is 100 Å². The summed E-state index contributed by atoms with van der Waals surface area (Å²) in [5, 5.41) is 48.9. The fraction of sp³-hybridized carbons (Fsp3) is 0.273. The molecule has 6 atom stereocenters. The summed E-state index contributed by atoms with van der Waals surface area (Å²) in [4.78, 5) is 80.5. The number of hydrogen-bond donors (Lipinski definition) is 5. The Kier molecular flexibility index (Phi) is 6.79. The number of fused-ring (bicyclic) bond motifs is 4. The molecular formula is C33H26N2O12. The van der Waals surface area contributed by atoms with Crippen LogP contribution in [0.4, 0.5) is 11.4 Å². The van der Waals surface area contributed by atoms with Crippen molar-refractivity contribution in [3.8, 4) is 11.5 Å². The highest BCUT2D eigenvalue weighted by Gasteiger charge is 2.63. The average Bonchev–Trinajstić information content (AvgIpc) is 3.68. The second kappa shape index (κ2) is 10.7. The number of aromatic hydroxyl groups is 2. The number of benzene rings is 2. The maximum atomic E-state index is 14.1. The van der Waals surface area contributed by atoms with Gasteiger partial charge < -0.3 is 29.9 Å². The summed E-state index contributed by atoms with van der Waals surface area (Å²) in [6, 6.07) is 9.84. The fourth-order valence-corrected chi connectivity index (χ4v) is 7.74. The second-order valence-electron chi connectivity index (χ2n) is 12.0. The molecule has 0 spiro atoms. The lowest BCUT2D eigenvalue weighted by Crippen LogP contribution is -2.43. The third kappa shape index (κ3) is 4.35. The van der Waals surface area contributed by atoms with Crippen LogP contribution in [-0.4, -0.2) is 61.1 Å². The number of anilines is 2. The van der Waals surface area contributed by atoms with Crippen molar-refractivity contribution in [1.29, 1.82) is 0 Å². The van der Waals surface area contributed by atoms with Gasteiger partial charge in [0.25, 0.3) is 0 Å². The number of hydrogen-bond acceptors (Lipinski definition) is 10. The zero-order valence-electron chi connectivity index (χ0n) is 24.3. The minimum atomic E-state index is -1.40. The number of phenols is 2. The highest BCUT2D eigenvalue weighted by Crippen LogP contribution is 2.58. The number of allylic oxidation sites excluding steroid dienone is 2. The topological polar surface area (TPSA) is 223 Å². The van der Waals surface area contributed by atoms with Gasteiger partial charge in [0.1, 0.15) is 40.8 Å². The Labute approximate surface area is 264 Å². The van der Waals surface area contributed by atoms with Gasteiger partial charge in [-0.15, -0.1) is 0 Å². The Morgan fingerprint density at radius 3 is 1.79 bits per heavy atom. The van der Waals surface area contributed by atoms with Crippen molar-refractivity contribution in [2.75, 3.05) is 9.80 Å². The molecule has 5 N–H and O–H groups in total. The van der Waals surface area contributed by atoms with Gasteiger partial charge in [-0.05, 0) is 55.2 Å². The first-order valence-corrected chi connectivity index (χ1v) is 14.7. The highest BCUT2D eigenvalue weighted by atomic mass is 16.4. The van der Waals surface area contributed by atoms with Gasteiger partial charge in [-0.25, -0.2) is 19.4 Å². The first-order chi connectivity index (χ1) is 22.4. The number of rotatable bonds is 6. The lowest BCUT2D eigenvalue weighted by Gasteiger charge is -2.43. The van der Waals surface area contributed by atoms with Crippen molar-refractivity contribution in [2.24, 2.45) is 29.6 Å². The van der Waals surface area contributed by atoms with E-state index in [1.54, 1.807) is 12.1 Å². The van der Waals surface area contributed by atoms with E-state index >= 15 is 0 Å². The Balaban J connectivity index is 1.30. The maximum Gasteiger partial charge on any atom is 0.339 e. The van der Waals surface area contributed by atoms with E-state index in [1.807, 2.05) is 0 Å². The van der Waals surface area contributed by atoms with Crippen LogP contribution >= 0.6 is 0 Å². The first-order valence-electron chi connectivity index (χ1n) is 14.7. The number of furan rings is 1. The molecule has 240 valence electrons. The van der Waals surface area contributed by atoms with Gasteiger partial charge in [0.2, 0.25) is 23.6 Å². The van der Waals surface area contributed by atoms with Gasteiger partial charge in [-0.3, -0.25) is 19.2 Å². The maximum absolute atomic E-state index is 14.1. The van der Waals surface area contributed by atoms with Crippen LogP contribution in [-0.2, 0) is 25.8 Å². The molecule has 3 heterocycles. The second-order valence-corrected chi connectivity index (χ2v) is 12.0. The number of aromatic carboxylic acids is 2. The summed E-state index contributed by atoms with van der Waals surface area (Å²) in [7, 11) is 0. The molecule has 0 radical (unpaired) electrons. The number of carboxylic acids is 2. The Hall–Kier alpha value is -5.76. The smallest absolute Gasteiger partial charge is 0.339 e. The standard InChI is InChI=1S/C33H26N2O12/c36-12-15-3-8-24(47-15)26-16-6-7-19-25(30(41)34(28(19)39)13-1-4-17(32(43)44)22(37)9-13)20(16)11-21-27(26)31(42)35(29(21)40)14-2-5-18(33(45)46)23(38)10-14/h1-6,8-10,19-21,25-27,36-38H,7,11-12H2,(H,43,44)(H,45,46). The molecule has 3 fully saturated rings. The molecule has 1 aromatic heterocycles. The van der Waals surface area contributed by atoms with Crippen molar-refractivity contribution >= 4 is 46.9 Å². The molecule has 2 saturated heterocycles. The number of carbonyl (C=O) groups is 6. The van der Waals surface area contributed by atoms with Crippen LogP contribution < -0.4 is 9.80 Å². The van der Waals surface area contributed by atoms with Crippen LogP contribution in [0.1, 0.15) is 51.0 Å². The molecule has 6 unspecified atom stereocenters. The number of carboxylic acid groups (broad SMARTS) is 2. The Morgan fingerprint density at radius 1 is 0.723 bits per heavy atom. The van der Waals surface area contributed by atoms with Crippen LogP contribution in [0.2, 0.25) is 0 Å². The third-order valence-electron chi connectivity index (χ3n) is 9.73. The lowest BCUT2D eigenvalue weighted by atomic mass is 9.58. The molecular weight excluding hydrogens is 616 g/mol. The zero-order valence-corrected chi connectivity index (χ0v) is 24.3. The number of aliphatic hydroxyl groups is 1. The summed E-state index contributed by atoms with van der Waals surface area (Å²) in [6.07, 6.45) is 1.91. The monoisotopic (exact) mass is 642 g/mol. The van der Waals surface area contributed by atoms with E-state index in [0.29, 0.717) is 5.57 Å². The van der Waals surface area contributed by atoms with E-state index in [4.69, 9.17) is 4.42 Å². The quantitative estimate of drug-likeness (QED) is 0.193. The van der Waals surface area contributed by atoms with Gasteiger partial charge in [0.05, 0.1) is 41.0 Å². The van der Waals surface area contributed by atoms with Crippen molar-refractivity contribution in [3.05, 3.63) is 82.8 Å². The van der Waals surface area contributed by atoms with Crippen molar-refractivity contribution in [1.82, 2.24) is 0 Å². The minimum Gasteiger partial charge on any atom is -0.507 e. The number of carbonyl (C=O) groups excluding carboxylic acids is 4. The van der Waals surface area contributed by atoms with Gasteiger partial charge in [0, 0.05) is 12.1 Å². The van der Waals surface area contributed by atoms with Gasteiger partial charge in [-0.2, -0.15) is 0 Å². The Bertz CT molecular complexity index is 1960. The first kappa shape index (κ1) is 29.9. The van der Waals surface area contributed by atoms with E-state index in [2.05, 4.69) is 0 Å². The number of aliphatic hydroxyl groups excluding tert-OH is 1. The Morgan fingerprint density at radius 2 is 1.28 bits per heavy atom. The molecule has 4 aliphatic rings. The molecule has 3 aromatic rings. The molecule has 2 aromatic carbocycles. The van der Waals surface area contributed by atoms with Crippen LogP contribution in [0.15, 0.2) is 64.6 Å². The molecule has 2 aliphatic carbocycles. The summed E-state index contributed by atoms with van der Waals surface area (Å²) in [5.41, 5.74) is -0.257. The molecule has 0 bridgehead atoms. The van der Waals surface area contributed by atoms with E-state index in [0.717, 1.165) is 34.1 Å². The lowest BCUT2D eigenvalue weighted by molar-refractivity contribution is -0.126. The van der Waals surface area contributed by atoms with E-state index in [9.17, 15) is 54.3 Å². The van der Waals surface area contributed by atoms with E-state index in [1.165, 1.54) is 18.2 Å². The van der Waals surface area contributed by atoms with Gasteiger partial charge in [0.15, 0.2) is 0 Å². The molecule has 47 heavy (non-hydrogen) atoms. The minimum absolute atomic E-state index is 0.00906. The summed E-state index contributed by atoms with van der Waals surface area (Å²) in [5.74, 6) is -11.3. The predicted molar refractivity (Wildman–Crippen MR) is 157 cm³/mol. The normalized spacial score (nSPS) is 26.6. The summed E-state index contributed by atoms with van der Waals surface area (Å²) >= 11 is 0. The SMILES string of the molecule is O=C(O)c1ccc(N2C(=O)C3CC=C4C(CC5C(=O)N(c6ccc(C(=O)O)c(O)c6)C(=O)C5C4c4ccc(CO)o4)C3C2=O)cc1O. The third-order valence-corrected chi connectivity index (χ3v) is 9.73. The molecule has 2 aliphatic heterocycles. The molecule has 14 heteroatoms. The highest BCUT2D eigenvalue weighted by molar-refractivity contribution is 6.24. The summed E-state index contributed by atoms with van der Waals surface area (Å²) < 4.78 is 5.89. The number of imide groups is 2. The van der Waals surface area contributed by atoms with Gasteiger partial charge >= 0.3 is 11.9 Å². The van der Waals surface area contributed by atoms with Crippen LogP contribution in [0.5, 0.6) is 11.5 Å². The van der Waals surface area contributed by atoms with Gasteiger partial charge in [-0.1, -0.05) is 11.6 Å². The largest absolute Gasteiger partial charge is 0.507 e. The fourth-order valence-electron chi connectivity index (χ4n) is 7.74. The summed E-state index contributed by atoms with van der Waals surface area (Å²) in [6.45, 7) is -0.433. The van der Waals surface area contributed by atoms with Crippen molar-refractivity contribution in [3.63, 3.8) is 0 Å². The van der Waals surface area contributed by atoms with Crippen molar-refractivity contribution in [2.45, 2.75) is 25.4 Å². The molecule has 1 saturated carbocycles. The van der Waals surface area contributed by atoms with Crippen LogP contribution in [0.3, 0.4) is 0 Å².